The van der Waals surface area contributed by atoms with Gasteiger partial charge in [0, 0.05) is 0 Å². The Hall–Kier alpha value is -0.180. The summed E-state index contributed by atoms with van der Waals surface area (Å²) in [5.74, 6) is 0. The molecule has 0 saturated heterocycles. The molecule has 0 heterocycles. The van der Waals surface area contributed by atoms with Crippen molar-refractivity contribution >= 4 is 15.9 Å². The molecule has 3 heteroatoms. The van der Waals surface area contributed by atoms with Crippen LogP contribution in [0.15, 0.2) is 10.9 Å². The van der Waals surface area contributed by atoms with Gasteiger partial charge in [0.2, 0.25) is 0 Å². The lowest BCUT2D eigenvalue weighted by Crippen LogP contribution is -2.01. The summed E-state index contributed by atoms with van der Waals surface area (Å²) in [4.78, 5) is 0. The lowest BCUT2D eigenvalue weighted by molar-refractivity contribution is 0.133. The van der Waals surface area contributed by atoms with Crippen LogP contribution in [0.1, 0.15) is 27.7 Å². The van der Waals surface area contributed by atoms with E-state index in [1.165, 1.54) is 0 Å². The molecule has 0 aliphatic rings. The highest BCUT2D eigenvalue weighted by Gasteiger charge is 1.97. The monoisotopic (exact) mass is 222 g/mol. The maximum atomic E-state index is 5.25. The zero-order valence-electron chi connectivity index (χ0n) is 7.43. The molecule has 0 aromatic carbocycles. The molecule has 2 nitrogen and oxygen atoms in total. The number of halogens is 1. The lowest BCUT2D eigenvalue weighted by atomic mass is 10.5. The fraction of sp³-hybridized carbons (Fsp3) is 0.750. The first-order valence-electron chi connectivity index (χ1n) is 3.70. The van der Waals surface area contributed by atoms with E-state index in [-0.39, 0.29) is 12.2 Å². The van der Waals surface area contributed by atoms with Crippen LogP contribution in [0.3, 0.4) is 0 Å². The van der Waals surface area contributed by atoms with E-state index in [0.29, 0.717) is 4.67 Å². The molecule has 0 atom stereocenters. The van der Waals surface area contributed by atoms with E-state index < -0.39 is 0 Å². The Kier molecular flexibility index (Phi) is 5.38. The van der Waals surface area contributed by atoms with E-state index in [4.69, 9.17) is 9.47 Å². The van der Waals surface area contributed by atoms with Crippen LogP contribution in [0.2, 0.25) is 0 Å². The summed E-state index contributed by atoms with van der Waals surface area (Å²) in [6, 6.07) is 0. The standard InChI is InChI=1S/C8H15BrO2/c1-6(2)10-5-8(9)11-7(3)4/h5-7H,1-4H3. The minimum absolute atomic E-state index is 0.177. The number of hydrogen-bond donors (Lipinski definition) is 0. The molecule has 11 heavy (non-hydrogen) atoms. The predicted octanol–water partition coefficient (Wildman–Crippen LogP) is 3.03. The van der Waals surface area contributed by atoms with Crippen LogP contribution in [0.4, 0.5) is 0 Å². The molecule has 0 aliphatic carbocycles. The topological polar surface area (TPSA) is 18.5 Å². The lowest BCUT2D eigenvalue weighted by Gasteiger charge is -2.09. The fourth-order valence-corrected chi connectivity index (χ4v) is 0.924. The van der Waals surface area contributed by atoms with Crippen molar-refractivity contribution in [2.45, 2.75) is 39.9 Å². The van der Waals surface area contributed by atoms with Crippen LogP contribution in [0.5, 0.6) is 0 Å². The summed E-state index contributed by atoms with van der Waals surface area (Å²) in [5, 5.41) is 0. The third-order valence-electron chi connectivity index (χ3n) is 0.781. The molecule has 0 aliphatic heterocycles. The van der Waals surface area contributed by atoms with Crippen LogP contribution in [-0.4, -0.2) is 12.2 Å². The van der Waals surface area contributed by atoms with Gasteiger partial charge >= 0.3 is 0 Å². The second-order valence-electron chi connectivity index (χ2n) is 2.77. The van der Waals surface area contributed by atoms with Gasteiger partial charge in [-0.2, -0.15) is 0 Å². The van der Waals surface area contributed by atoms with E-state index >= 15 is 0 Å². The molecule has 0 unspecified atom stereocenters. The van der Waals surface area contributed by atoms with Gasteiger partial charge in [-0.15, -0.1) is 0 Å². The van der Waals surface area contributed by atoms with Crippen LogP contribution < -0.4 is 0 Å². The van der Waals surface area contributed by atoms with Crippen LogP contribution in [0.25, 0.3) is 0 Å². The molecule has 0 amide bonds. The molecule has 0 fully saturated rings. The average molecular weight is 223 g/mol. The summed E-state index contributed by atoms with van der Waals surface area (Å²) < 4.78 is 11.1. The zero-order chi connectivity index (χ0) is 8.85. The van der Waals surface area contributed by atoms with Gasteiger partial charge in [-0.25, -0.2) is 0 Å². The van der Waals surface area contributed by atoms with Crippen LogP contribution in [-0.2, 0) is 9.47 Å². The normalized spacial score (nSPS) is 12.5. The van der Waals surface area contributed by atoms with Gasteiger partial charge in [0.25, 0.3) is 0 Å². The predicted molar refractivity (Wildman–Crippen MR) is 49.5 cm³/mol. The number of ether oxygens (including phenoxy) is 2. The number of rotatable bonds is 4. The smallest absolute Gasteiger partial charge is 0.197 e. The van der Waals surface area contributed by atoms with Crippen molar-refractivity contribution in [1.82, 2.24) is 0 Å². The Morgan fingerprint density at radius 3 is 2.09 bits per heavy atom. The molecule has 0 N–H and O–H groups in total. The van der Waals surface area contributed by atoms with Crippen LogP contribution in [0, 0.1) is 0 Å². The van der Waals surface area contributed by atoms with E-state index in [0.717, 1.165) is 0 Å². The van der Waals surface area contributed by atoms with Gasteiger partial charge < -0.3 is 9.47 Å². The summed E-state index contributed by atoms with van der Waals surface area (Å²) in [6.45, 7) is 7.85. The van der Waals surface area contributed by atoms with Crippen LogP contribution >= 0.6 is 15.9 Å². The molecular formula is C8H15BrO2. The van der Waals surface area contributed by atoms with Gasteiger partial charge in [-0.1, -0.05) is 0 Å². The third kappa shape index (κ3) is 7.72. The molecule has 0 aromatic heterocycles. The average Bonchev–Trinajstić information content (AvgIpc) is 1.82. The molecule has 0 spiro atoms. The van der Waals surface area contributed by atoms with E-state index in [9.17, 15) is 0 Å². The first-order chi connectivity index (χ1) is 5.02. The van der Waals surface area contributed by atoms with E-state index in [1.807, 2.05) is 27.7 Å². The summed E-state index contributed by atoms with van der Waals surface area (Å²) >= 11 is 3.22. The largest absolute Gasteiger partial charge is 0.494 e. The van der Waals surface area contributed by atoms with Crippen molar-refractivity contribution in [3.63, 3.8) is 0 Å². The van der Waals surface area contributed by atoms with Crippen molar-refractivity contribution in [3.8, 4) is 0 Å². The third-order valence-corrected chi connectivity index (χ3v) is 1.15. The molecular weight excluding hydrogens is 208 g/mol. The molecule has 66 valence electrons. The van der Waals surface area contributed by atoms with Gasteiger partial charge in [0.15, 0.2) is 4.67 Å². The second-order valence-corrected chi connectivity index (χ2v) is 3.55. The zero-order valence-corrected chi connectivity index (χ0v) is 9.01. The molecule has 0 aromatic rings. The Bertz CT molecular complexity index is 130. The van der Waals surface area contributed by atoms with Crippen molar-refractivity contribution < 1.29 is 9.47 Å². The van der Waals surface area contributed by atoms with Crippen molar-refractivity contribution in [2.75, 3.05) is 0 Å². The fourth-order valence-electron chi connectivity index (χ4n) is 0.443. The summed E-state index contributed by atoms with van der Waals surface area (Å²) in [5.41, 5.74) is 0. The van der Waals surface area contributed by atoms with Gasteiger partial charge in [0.1, 0.15) is 6.26 Å². The maximum absolute atomic E-state index is 5.25. The highest BCUT2D eigenvalue weighted by molar-refractivity contribution is 9.11. The Morgan fingerprint density at radius 2 is 1.73 bits per heavy atom. The first-order valence-corrected chi connectivity index (χ1v) is 4.49. The Balaban J connectivity index is 3.63. The Labute approximate surface area is 76.7 Å². The summed E-state index contributed by atoms with van der Waals surface area (Å²) in [7, 11) is 0. The van der Waals surface area contributed by atoms with Crippen molar-refractivity contribution in [3.05, 3.63) is 10.9 Å². The summed E-state index contributed by atoms with van der Waals surface area (Å²) in [6.07, 6.45) is 1.94. The second kappa shape index (κ2) is 5.47. The molecule has 0 radical (unpaired) electrons. The highest BCUT2D eigenvalue weighted by Crippen LogP contribution is 2.10. The van der Waals surface area contributed by atoms with Gasteiger partial charge in [0.05, 0.1) is 12.2 Å². The minimum atomic E-state index is 0.177. The van der Waals surface area contributed by atoms with E-state index in [1.54, 1.807) is 6.26 Å². The molecule has 0 saturated carbocycles. The van der Waals surface area contributed by atoms with Gasteiger partial charge in [-0.3, -0.25) is 0 Å². The SMILES string of the molecule is CC(C)OC=C(Br)OC(C)C. The highest BCUT2D eigenvalue weighted by atomic mass is 79.9. The Morgan fingerprint density at radius 1 is 1.18 bits per heavy atom. The van der Waals surface area contributed by atoms with Crippen molar-refractivity contribution in [1.29, 1.82) is 0 Å². The van der Waals surface area contributed by atoms with Crippen molar-refractivity contribution in [2.24, 2.45) is 0 Å². The molecule has 0 bridgehead atoms. The molecule has 0 rings (SSSR count). The number of hydrogen-bond acceptors (Lipinski definition) is 2. The maximum Gasteiger partial charge on any atom is 0.197 e. The first kappa shape index (κ1) is 10.8. The minimum Gasteiger partial charge on any atom is -0.494 e. The van der Waals surface area contributed by atoms with Gasteiger partial charge in [-0.05, 0) is 43.6 Å². The van der Waals surface area contributed by atoms with E-state index in [2.05, 4.69) is 15.9 Å². The quantitative estimate of drug-likeness (QED) is 0.682.